The standard InChI is InChI=1S/C12H17F2NO/c1-4-16-12-10(13)5-9(6-11(12)14)7-15-8(2)3/h5-6,8,15H,4,7H2,1-3H3. The summed E-state index contributed by atoms with van der Waals surface area (Å²) in [6, 6.07) is 2.87. The van der Waals surface area contributed by atoms with E-state index in [1.165, 1.54) is 12.1 Å². The van der Waals surface area contributed by atoms with Crippen LogP contribution < -0.4 is 10.1 Å². The Morgan fingerprint density at radius 2 is 1.81 bits per heavy atom. The van der Waals surface area contributed by atoms with E-state index in [1.807, 2.05) is 13.8 Å². The summed E-state index contributed by atoms with van der Waals surface area (Å²) >= 11 is 0. The molecule has 0 aliphatic heterocycles. The van der Waals surface area contributed by atoms with Gasteiger partial charge in [-0.3, -0.25) is 0 Å². The van der Waals surface area contributed by atoms with Crippen LogP contribution in [0, 0.1) is 11.6 Å². The second-order valence-corrected chi connectivity index (χ2v) is 3.86. The van der Waals surface area contributed by atoms with Gasteiger partial charge in [0, 0.05) is 12.6 Å². The van der Waals surface area contributed by atoms with Gasteiger partial charge in [-0.15, -0.1) is 0 Å². The molecule has 90 valence electrons. The van der Waals surface area contributed by atoms with E-state index in [1.54, 1.807) is 6.92 Å². The summed E-state index contributed by atoms with van der Waals surface area (Å²) in [7, 11) is 0. The van der Waals surface area contributed by atoms with Crippen molar-refractivity contribution in [3.05, 3.63) is 29.3 Å². The lowest BCUT2D eigenvalue weighted by atomic mass is 10.2. The Balaban J connectivity index is 2.82. The highest BCUT2D eigenvalue weighted by Crippen LogP contribution is 2.23. The lowest BCUT2D eigenvalue weighted by Gasteiger charge is -2.11. The number of ether oxygens (including phenoxy) is 1. The van der Waals surface area contributed by atoms with E-state index in [-0.39, 0.29) is 18.4 Å². The molecule has 0 saturated heterocycles. The molecule has 16 heavy (non-hydrogen) atoms. The summed E-state index contributed by atoms with van der Waals surface area (Å²) < 4.78 is 31.7. The summed E-state index contributed by atoms with van der Waals surface area (Å²) in [6.45, 7) is 6.32. The fourth-order valence-corrected chi connectivity index (χ4v) is 1.32. The molecule has 0 fully saturated rings. The SMILES string of the molecule is CCOc1c(F)cc(CNC(C)C)cc1F. The van der Waals surface area contributed by atoms with Crippen molar-refractivity contribution < 1.29 is 13.5 Å². The Bertz CT molecular complexity index is 330. The second-order valence-electron chi connectivity index (χ2n) is 3.86. The highest BCUT2D eigenvalue weighted by atomic mass is 19.1. The van der Waals surface area contributed by atoms with Crippen LogP contribution in [0.15, 0.2) is 12.1 Å². The van der Waals surface area contributed by atoms with Crippen molar-refractivity contribution >= 4 is 0 Å². The number of hydrogen-bond donors (Lipinski definition) is 1. The van der Waals surface area contributed by atoms with Gasteiger partial charge in [-0.1, -0.05) is 13.8 Å². The average Bonchev–Trinajstić information content (AvgIpc) is 2.20. The van der Waals surface area contributed by atoms with Gasteiger partial charge in [-0.05, 0) is 24.6 Å². The van der Waals surface area contributed by atoms with E-state index < -0.39 is 11.6 Å². The number of halogens is 2. The molecule has 1 aromatic carbocycles. The molecule has 0 aliphatic carbocycles. The van der Waals surface area contributed by atoms with Gasteiger partial charge < -0.3 is 10.1 Å². The van der Waals surface area contributed by atoms with E-state index in [2.05, 4.69) is 5.32 Å². The molecule has 0 aliphatic rings. The van der Waals surface area contributed by atoms with Gasteiger partial charge in [0.2, 0.25) is 0 Å². The van der Waals surface area contributed by atoms with Gasteiger partial charge in [0.25, 0.3) is 0 Å². The summed E-state index contributed by atoms with van der Waals surface area (Å²) in [5, 5.41) is 3.09. The topological polar surface area (TPSA) is 21.3 Å². The van der Waals surface area contributed by atoms with Crippen molar-refractivity contribution in [2.75, 3.05) is 6.61 Å². The Morgan fingerprint density at radius 1 is 1.25 bits per heavy atom. The molecule has 0 amide bonds. The normalized spacial score (nSPS) is 10.9. The van der Waals surface area contributed by atoms with Crippen LogP contribution in [0.1, 0.15) is 26.3 Å². The average molecular weight is 229 g/mol. The molecule has 0 unspecified atom stereocenters. The lowest BCUT2D eigenvalue weighted by molar-refractivity contribution is 0.302. The molecule has 1 rings (SSSR count). The van der Waals surface area contributed by atoms with Crippen LogP contribution in [-0.4, -0.2) is 12.6 Å². The predicted molar refractivity (Wildman–Crippen MR) is 59.5 cm³/mol. The zero-order chi connectivity index (χ0) is 12.1. The van der Waals surface area contributed by atoms with Crippen LogP contribution in [-0.2, 0) is 6.54 Å². The zero-order valence-electron chi connectivity index (χ0n) is 9.81. The van der Waals surface area contributed by atoms with Crippen LogP contribution in [0.5, 0.6) is 5.75 Å². The summed E-state index contributed by atoms with van der Waals surface area (Å²) in [6.07, 6.45) is 0. The first kappa shape index (κ1) is 12.9. The van der Waals surface area contributed by atoms with Gasteiger partial charge >= 0.3 is 0 Å². The fraction of sp³-hybridized carbons (Fsp3) is 0.500. The molecule has 1 aromatic rings. The minimum atomic E-state index is -0.651. The van der Waals surface area contributed by atoms with Crippen LogP contribution in [0.3, 0.4) is 0 Å². The second kappa shape index (κ2) is 5.80. The minimum Gasteiger partial charge on any atom is -0.488 e. The van der Waals surface area contributed by atoms with E-state index >= 15 is 0 Å². The van der Waals surface area contributed by atoms with Crippen molar-refractivity contribution in [2.45, 2.75) is 33.4 Å². The van der Waals surface area contributed by atoms with Crippen molar-refractivity contribution in [1.29, 1.82) is 0 Å². The largest absolute Gasteiger partial charge is 0.488 e. The molecular formula is C12H17F2NO. The van der Waals surface area contributed by atoms with Gasteiger partial charge in [-0.25, -0.2) is 8.78 Å². The molecule has 4 heteroatoms. The minimum absolute atomic E-state index is 0.247. The van der Waals surface area contributed by atoms with E-state index in [0.717, 1.165) is 0 Å². The maximum atomic E-state index is 13.4. The van der Waals surface area contributed by atoms with Crippen LogP contribution in [0.4, 0.5) is 8.78 Å². The van der Waals surface area contributed by atoms with Gasteiger partial charge in [0.05, 0.1) is 6.61 Å². The fourth-order valence-electron chi connectivity index (χ4n) is 1.32. The van der Waals surface area contributed by atoms with Crippen molar-refractivity contribution in [2.24, 2.45) is 0 Å². The predicted octanol–water partition coefficient (Wildman–Crippen LogP) is 2.86. The van der Waals surface area contributed by atoms with E-state index in [9.17, 15) is 8.78 Å². The molecule has 0 atom stereocenters. The highest BCUT2D eigenvalue weighted by molar-refractivity contribution is 5.31. The Labute approximate surface area is 94.6 Å². The van der Waals surface area contributed by atoms with Gasteiger partial charge in [-0.2, -0.15) is 0 Å². The number of hydrogen-bond acceptors (Lipinski definition) is 2. The number of rotatable bonds is 5. The van der Waals surface area contributed by atoms with Crippen LogP contribution >= 0.6 is 0 Å². The van der Waals surface area contributed by atoms with Gasteiger partial charge in [0.1, 0.15) is 0 Å². The first-order chi connectivity index (χ1) is 7.54. The molecule has 0 aromatic heterocycles. The summed E-state index contributed by atoms with van der Waals surface area (Å²) in [4.78, 5) is 0. The third-order valence-electron chi connectivity index (χ3n) is 2.06. The smallest absolute Gasteiger partial charge is 0.190 e. The molecule has 0 radical (unpaired) electrons. The third kappa shape index (κ3) is 3.45. The quantitative estimate of drug-likeness (QED) is 0.838. The Hall–Kier alpha value is -1.16. The van der Waals surface area contributed by atoms with Gasteiger partial charge in [0.15, 0.2) is 17.4 Å². The molecule has 0 heterocycles. The van der Waals surface area contributed by atoms with E-state index in [4.69, 9.17) is 4.74 Å². The first-order valence-corrected chi connectivity index (χ1v) is 5.38. The maximum Gasteiger partial charge on any atom is 0.190 e. The molecule has 0 saturated carbocycles. The molecule has 1 N–H and O–H groups in total. The lowest BCUT2D eigenvalue weighted by Crippen LogP contribution is -2.22. The Morgan fingerprint density at radius 3 is 2.25 bits per heavy atom. The van der Waals surface area contributed by atoms with Crippen LogP contribution in [0.2, 0.25) is 0 Å². The Kier molecular flexibility index (Phi) is 4.68. The monoisotopic (exact) mass is 229 g/mol. The molecular weight excluding hydrogens is 212 g/mol. The van der Waals surface area contributed by atoms with Crippen LogP contribution in [0.25, 0.3) is 0 Å². The number of benzene rings is 1. The van der Waals surface area contributed by atoms with Crippen molar-refractivity contribution in [1.82, 2.24) is 5.32 Å². The summed E-state index contributed by atoms with van der Waals surface area (Å²) in [5.41, 5.74) is 0.576. The van der Waals surface area contributed by atoms with Crippen molar-refractivity contribution in [3.63, 3.8) is 0 Å². The molecule has 0 bridgehead atoms. The van der Waals surface area contributed by atoms with Crippen molar-refractivity contribution in [3.8, 4) is 5.75 Å². The number of nitrogens with one attached hydrogen (secondary N) is 1. The maximum absolute atomic E-state index is 13.4. The summed E-state index contributed by atoms with van der Waals surface area (Å²) in [5.74, 6) is -1.60. The molecule has 2 nitrogen and oxygen atoms in total. The highest BCUT2D eigenvalue weighted by Gasteiger charge is 2.12. The first-order valence-electron chi connectivity index (χ1n) is 5.38. The zero-order valence-corrected chi connectivity index (χ0v) is 9.81. The third-order valence-corrected chi connectivity index (χ3v) is 2.06. The van der Waals surface area contributed by atoms with E-state index in [0.29, 0.717) is 12.1 Å². The molecule has 0 spiro atoms.